The molecule has 10 heteroatoms. The molecule has 1 atom stereocenters. The van der Waals surface area contributed by atoms with Crippen LogP contribution in [0.4, 0.5) is 5.95 Å². The molecule has 0 aromatic carbocycles. The van der Waals surface area contributed by atoms with Crippen molar-refractivity contribution in [3.8, 4) is 0 Å². The monoisotopic (exact) mass is 340 g/mol. The molecule has 1 amide bonds. The van der Waals surface area contributed by atoms with Crippen molar-refractivity contribution in [2.75, 3.05) is 32.8 Å². The Hall–Kier alpha value is -2.07. The molecular weight excluding hydrogens is 316 g/mol. The van der Waals surface area contributed by atoms with E-state index in [0.717, 1.165) is 19.5 Å². The molecule has 1 aliphatic heterocycles. The van der Waals surface area contributed by atoms with E-state index in [9.17, 15) is 14.9 Å². The van der Waals surface area contributed by atoms with Crippen molar-refractivity contribution in [2.24, 2.45) is 5.92 Å². The second kappa shape index (κ2) is 8.69. The Morgan fingerprint density at radius 1 is 1.46 bits per heavy atom. The third-order valence-electron chi connectivity index (χ3n) is 3.83. The highest BCUT2D eigenvalue weighted by atomic mass is 16.6. The molecule has 1 aromatic rings. The molecule has 1 fully saturated rings. The first kappa shape index (κ1) is 18.3. The van der Waals surface area contributed by atoms with E-state index in [-0.39, 0.29) is 18.5 Å². The van der Waals surface area contributed by atoms with Gasteiger partial charge in [-0.1, -0.05) is 18.8 Å². The maximum absolute atomic E-state index is 12.1. The number of nitro groups is 1. The predicted octanol–water partition coefficient (Wildman–Crippen LogP) is 0.0494. The summed E-state index contributed by atoms with van der Waals surface area (Å²) in [7, 11) is 0. The molecule has 1 N–H and O–H groups in total. The minimum Gasteiger partial charge on any atom is -0.390 e. The molecule has 134 valence electrons. The normalized spacial score (nSPS) is 17.0. The van der Waals surface area contributed by atoms with E-state index < -0.39 is 10.9 Å². The number of hydrogen-bond donors (Lipinski definition) is 1. The number of morpholine rings is 1. The van der Waals surface area contributed by atoms with Crippen molar-refractivity contribution >= 4 is 11.9 Å². The summed E-state index contributed by atoms with van der Waals surface area (Å²) in [4.78, 5) is 27.8. The van der Waals surface area contributed by atoms with Gasteiger partial charge >= 0.3 is 5.95 Å². The molecule has 0 radical (unpaired) electrons. The van der Waals surface area contributed by atoms with Gasteiger partial charge in [0.1, 0.15) is 6.54 Å². The Morgan fingerprint density at radius 2 is 2.17 bits per heavy atom. The lowest BCUT2D eigenvalue weighted by Crippen LogP contribution is -2.49. The highest BCUT2D eigenvalue weighted by molar-refractivity contribution is 5.75. The topological polar surface area (TPSA) is 115 Å². The third-order valence-corrected chi connectivity index (χ3v) is 3.83. The van der Waals surface area contributed by atoms with Gasteiger partial charge in [0, 0.05) is 30.8 Å². The summed E-state index contributed by atoms with van der Waals surface area (Å²) in [5.41, 5.74) is 0. The smallest absolute Gasteiger partial charge is 0.390 e. The maximum Gasteiger partial charge on any atom is 0.490 e. The zero-order valence-corrected chi connectivity index (χ0v) is 14.1. The first-order valence-corrected chi connectivity index (χ1v) is 8.08. The first-order valence-electron chi connectivity index (χ1n) is 8.08. The van der Waals surface area contributed by atoms with Gasteiger partial charge in [0.15, 0.2) is 0 Å². The molecule has 0 saturated carbocycles. The van der Waals surface area contributed by atoms with Gasteiger partial charge in [0.05, 0.1) is 13.2 Å². The van der Waals surface area contributed by atoms with Gasteiger partial charge in [-0.3, -0.25) is 9.69 Å². The SMILES string of the molecule is CC(C)CC(CNC(=O)Cn1cnc([N+](=O)[O-])n1)N1CCOCC1. The maximum atomic E-state index is 12.1. The van der Waals surface area contributed by atoms with E-state index in [0.29, 0.717) is 25.7 Å². The minimum absolute atomic E-state index is 0.0850. The van der Waals surface area contributed by atoms with Crippen LogP contribution >= 0.6 is 0 Å². The van der Waals surface area contributed by atoms with Crippen LogP contribution < -0.4 is 5.32 Å². The first-order chi connectivity index (χ1) is 11.5. The summed E-state index contributed by atoms with van der Waals surface area (Å²) in [6.07, 6.45) is 2.17. The number of amides is 1. The number of aromatic nitrogens is 3. The summed E-state index contributed by atoms with van der Waals surface area (Å²) in [5, 5.41) is 17.1. The van der Waals surface area contributed by atoms with Crippen LogP contribution in [0, 0.1) is 16.0 Å². The van der Waals surface area contributed by atoms with Gasteiger partial charge in [-0.2, -0.15) is 4.68 Å². The van der Waals surface area contributed by atoms with Crippen molar-refractivity contribution < 1.29 is 14.5 Å². The van der Waals surface area contributed by atoms with Crippen LogP contribution in [-0.4, -0.2) is 69.4 Å². The van der Waals surface area contributed by atoms with E-state index in [4.69, 9.17) is 4.74 Å². The van der Waals surface area contributed by atoms with Gasteiger partial charge < -0.3 is 20.2 Å². The van der Waals surface area contributed by atoms with Gasteiger partial charge in [-0.25, -0.2) is 0 Å². The molecule has 1 unspecified atom stereocenters. The Bertz CT molecular complexity index is 555. The van der Waals surface area contributed by atoms with E-state index >= 15 is 0 Å². The zero-order valence-electron chi connectivity index (χ0n) is 14.1. The number of rotatable bonds is 8. The largest absolute Gasteiger partial charge is 0.490 e. The van der Waals surface area contributed by atoms with E-state index in [2.05, 4.69) is 34.1 Å². The van der Waals surface area contributed by atoms with Crippen LogP contribution in [0.25, 0.3) is 0 Å². The summed E-state index contributed by atoms with van der Waals surface area (Å²) in [6, 6.07) is 0.253. The second-order valence-corrected chi connectivity index (χ2v) is 6.24. The van der Waals surface area contributed by atoms with Gasteiger partial charge in [-0.05, 0) is 17.3 Å². The van der Waals surface area contributed by atoms with Crippen molar-refractivity contribution in [3.63, 3.8) is 0 Å². The average molecular weight is 340 g/mol. The molecule has 1 saturated heterocycles. The Kier molecular flexibility index (Phi) is 6.62. The van der Waals surface area contributed by atoms with Crippen molar-refractivity contribution in [2.45, 2.75) is 32.9 Å². The highest BCUT2D eigenvalue weighted by Gasteiger charge is 2.23. The van der Waals surface area contributed by atoms with E-state index in [1.165, 1.54) is 11.0 Å². The fourth-order valence-electron chi connectivity index (χ4n) is 2.73. The lowest BCUT2D eigenvalue weighted by molar-refractivity contribution is -0.394. The fourth-order valence-corrected chi connectivity index (χ4v) is 2.73. The standard InChI is InChI=1S/C14H24N6O4/c1-11(2)7-12(18-3-5-24-6-4-18)8-15-13(21)9-19-10-16-14(17-19)20(22)23/h10-12H,3-9H2,1-2H3,(H,15,21). The fraction of sp³-hybridized carbons (Fsp3) is 0.786. The summed E-state index contributed by atoms with van der Waals surface area (Å²) < 4.78 is 6.54. The van der Waals surface area contributed by atoms with Crippen LogP contribution in [0.5, 0.6) is 0 Å². The van der Waals surface area contributed by atoms with Gasteiger partial charge in [0.2, 0.25) is 12.2 Å². The quantitative estimate of drug-likeness (QED) is 0.525. The predicted molar refractivity (Wildman–Crippen MR) is 85.3 cm³/mol. The number of hydrogen-bond acceptors (Lipinski definition) is 7. The van der Waals surface area contributed by atoms with Crippen LogP contribution in [0.3, 0.4) is 0 Å². The molecule has 0 aliphatic carbocycles. The molecule has 0 bridgehead atoms. The van der Waals surface area contributed by atoms with E-state index in [1.807, 2.05) is 0 Å². The second-order valence-electron chi connectivity index (χ2n) is 6.24. The zero-order chi connectivity index (χ0) is 17.5. The molecule has 0 spiro atoms. The molecule has 1 aliphatic rings. The van der Waals surface area contributed by atoms with Crippen molar-refractivity contribution in [3.05, 3.63) is 16.4 Å². The third kappa shape index (κ3) is 5.53. The summed E-state index contributed by atoms with van der Waals surface area (Å²) >= 11 is 0. The van der Waals surface area contributed by atoms with Crippen LogP contribution in [0.15, 0.2) is 6.33 Å². The molecule has 2 rings (SSSR count). The van der Waals surface area contributed by atoms with Crippen molar-refractivity contribution in [1.29, 1.82) is 0 Å². The highest BCUT2D eigenvalue weighted by Crippen LogP contribution is 2.13. The van der Waals surface area contributed by atoms with Gasteiger partial charge in [-0.15, -0.1) is 0 Å². The Morgan fingerprint density at radius 3 is 2.75 bits per heavy atom. The number of carbonyl (C=O) groups excluding carboxylic acids is 1. The number of nitrogens with one attached hydrogen (secondary N) is 1. The molecule has 1 aromatic heterocycles. The molecule has 10 nitrogen and oxygen atoms in total. The van der Waals surface area contributed by atoms with Crippen LogP contribution in [0.1, 0.15) is 20.3 Å². The lowest BCUT2D eigenvalue weighted by atomic mass is 10.0. The molecule has 24 heavy (non-hydrogen) atoms. The van der Waals surface area contributed by atoms with Crippen molar-refractivity contribution in [1.82, 2.24) is 25.0 Å². The van der Waals surface area contributed by atoms with Crippen LogP contribution in [-0.2, 0) is 16.1 Å². The summed E-state index contributed by atoms with van der Waals surface area (Å²) in [6.45, 7) is 7.92. The number of nitrogens with zero attached hydrogens (tertiary/aromatic N) is 5. The van der Waals surface area contributed by atoms with E-state index in [1.54, 1.807) is 0 Å². The number of ether oxygens (including phenoxy) is 1. The minimum atomic E-state index is -0.689. The Labute approximate surface area is 140 Å². The summed E-state index contributed by atoms with van der Waals surface area (Å²) in [5.74, 6) is -0.224. The lowest BCUT2D eigenvalue weighted by Gasteiger charge is -2.35. The number of carbonyl (C=O) groups is 1. The average Bonchev–Trinajstić information content (AvgIpc) is 3.00. The Balaban J connectivity index is 1.85. The van der Waals surface area contributed by atoms with Crippen LogP contribution in [0.2, 0.25) is 0 Å². The molecule has 2 heterocycles. The van der Waals surface area contributed by atoms with Gasteiger partial charge in [0.25, 0.3) is 0 Å². The molecular formula is C14H24N6O4.